The normalized spacial score (nSPS) is 26.5. The first-order chi connectivity index (χ1) is 11.5. The highest BCUT2D eigenvalue weighted by atomic mass is 16.5. The summed E-state index contributed by atoms with van der Waals surface area (Å²) in [7, 11) is 0. The Bertz CT molecular complexity index is 608. The van der Waals surface area contributed by atoms with Gasteiger partial charge in [-0.15, -0.1) is 0 Å². The molecule has 2 saturated heterocycles. The van der Waals surface area contributed by atoms with Gasteiger partial charge in [-0.05, 0) is 50.5 Å². The van der Waals surface area contributed by atoms with Gasteiger partial charge in [-0.2, -0.15) is 0 Å². The lowest BCUT2D eigenvalue weighted by molar-refractivity contribution is -0.147. The molecular formula is C18H23NO5. The van der Waals surface area contributed by atoms with Crippen LogP contribution in [0.1, 0.15) is 36.5 Å². The molecule has 1 aromatic rings. The number of hydrogen-bond acceptors (Lipinski definition) is 4. The number of amides is 1. The zero-order valence-electron chi connectivity index (χ0n) is 13.9. The molecule has 0 aliphatic carbocycles. The van der Waals surface area contributed by atoms with E-state index in [9.17, 15) is 14.7 Å². The molecule has 2 aliphatic heterocycles. The number of carbonyl (C=O) groups is 2. The molecule has 0 bridgehead atoms. The number of hydrogen-bond donors (Lipinski definition) is 1. The summed E-state index contributed by atoms with van der Waals surface area (Å²) in [5.41, 5.74) is -0.297. The van der Waals surface area contributed by atoms with Crippen LogP contribution in [0.4, 0.5) is 0 Å². The second kappa shape index (κ2) is 6.81. The molecule has 0 radical (unpaired) electrons. The molecule has 0 aromatic heterocycles. The number of benzene rings is 1. The summed E-state index contributed by atoms with van der Waals surface area (Å²) in [5.74, 6) is -0.278. The van der Waals surface area contributed by atoms with Gasteiger partial charge in [-0.25, -0.2) is 0 Å². The van der Waals surface area contributed by atoms with Crippen molar-refractivity contribution in [1.82, 2.24) is 4.90 Å². The SMILES string of the molecule is CC1(C(=O)O)CCN(C(=O)c2ccc(OCC3CCCO3)cc2)C1. The average molecular weight is 333 g/mol. The molecule has 130 valence electrons. The number of carbonyl (C=O) groups excluding carboxylic acids is 1. The van der Waals surface area contributed by atoms with E-state index in [0.717, 1.165) is 19.4 Å². The quantitative estimate of drug-likeness (QED) is 0.894. The van der Waals surface area contributed by atoms with Gasteiger partial charge >= 0.3 is 5.97 Å². The molecule has 2 fully saturated rings. The standard InChI is InChI=1S/C18H23NO5/c1-18(17(21)22)8-9-19(12-18)16(20)13-4-6-14(7-5-13)24-11-15-3-2-10-23-15/h4-7,15H,2-3,8-12H2,1H3,(H,21,22). The summed E-state index contributed by atoms with van der Waals surface area (Å²) in [6, 6.07) is 7.00. The molecule has 0 saturated carbocycles. The molecule has 1 aromatic carbocycles. The number of aliphatic carboxylic acids is 1. The summed E-state index contributed by atoms with van der Waals surface area (Å²) in [4.78, 5) is 25.4. The molecule has 2 aliphatic rings. The first-order valence-electron chi connectivity index (χ1n) is 8.35. The van der Waals surface area contributed by atoms with E-state index in [1.165, 1.54) is 0 Å². The molecule has 2 atom stereocenters. The lowest BCUT2D eigenvalue weighted by atomic mass is 9.90. The Morgan fingerprint density at radius 3 is 2.71 bits per heavy atom. The number of nitrogens with zero attached hydrogens (tertiary/aromatic N) is 1. The van der Waals surface area contributed by atoms with E-state index in [1.54, 1.807) is 36.1 Å². The van der Waals surface area contributed by atoms with Crippen molar-refractivity contribution in [2.75, 3.05) is 26.3 Å². The molecular weight excluding hydrogens is 310 g/mol. The Balaban J connectivity index is 1.57. The highest BCUT2D eigenvalue weighted by Crippen LogP contribution is 2.31. The van der Waals surface area contributed by atoms with Crippen molar-refractivity contribution in [2.24, 2.45) is 5.41 Å². The third-order valence-electron chi connectivity index (χ3n) is 4.84. The highest BCUT2D eigenvalue weighted by Gasteiger charge is 2.42. The van der Waals surface area contributed by atoms with E-state index in [0.29, 0.717) is 30.9 Å². The van der Waals surface area contributed by atoms with Gasteiger partial charge in [0.1, 0.15) is 12.4 Å². The zero-order valence-corrected chi connectivity index (χ0v) is 13.9. The van der Waals surface area contributed by atoms with Crippen LogP contribution in [0.5, 0.6) is 5.75 Å². The predicted octanol–water partition coefficient (Wildman–Crippen LogP) is 2.18. The van der Waals surface area contributed by atoms with Crippen molar-refractivity contribution < 1.29 is 24.2 Å². The Hall–Kier alpha value is -2.08. The Kier molecular flexibility index (Phi) is 4.76. The van der Waals surface area contributed by atoms with Crippen molar-refractivity contribution >= 4 is 11.9 Å². The van der Waals surface area contributed by atoms with Crippen LogP contribution in [0.2, 0.25) is 0 Å². The second-order valence-electron chi connectivity index (χ2n) is 6.81. The van der Waals surface area contributed by atoms with Gasteiger partial charge in [0.15, 0.2) is 0 Å². The van der Waals surface area contributed by atoms with Crippen LogP contribution in [0, 0.1) is 5.41 Å². The van der Waals surface area contributed by atoms with Gasteiger partial charge in [-0.3, -0.25) is 9.59 Å². The molecule has 6 heteroatoms. The topological polar surface area (TPSA) is 76.1 Å². The van der Waals surface area contributed by atoms with Crippen LogP contribution in [-0.4, -0.2) is 54.3 Å². The summed E-state index contributed by atoms with van der Waals surface area (Å²) < 4.78 is 11.2. The molecule has 2 heterocycles. The smallest absolute Gasteiger partial charge is 0.311 e. The number of carboxylic acid groups (broad SMARTS) is 1. The number of ether oxygens (including phenoxy) is 2. The lowest BCUT2D eigenvalue weighted by Gasteiger charge is -2.20. The largest absolute Gasteiger partial charge is 0.491 e. The number of likely N-dealkylation sites (tertiary alicyclic amines) is 1. The predicted molar refractivity (Wildman–Crippen MR) is 87.2 cm³/mol. The van der Waals surface area contributed by atoms with Gasteiger partial charge in [0.05, 0.1) is 11.5 Å². The van der Waals surface area contributed by atoms with Crippen LogP contribution in [0.25, 0.3) is 0 Å². The second-order valence-corrected chi connectivity index (χ2v) is 6.81. The van der Waals surface area contributed by atoms with Crippen molar-refractivity contribution in [1.29, 1.82) is 0 Å². The van der Waals surface area contributed by atoms with E-state index >= 15 is 0 Å². The number of rotatable bonds is 5. The third kappa shape index (κ3) is 3.53. The average Bonchev–Trinajstić information content (AvgIpc) is 3.23. The van der Waals surface area contributed by atoms with Crippen molar-refractivity contribution in [3.63, 3.8) is 0 Å². The van der Waals surface area contributed by atoms with E-state index in [1.807, 2.05) is 0 Å². The Morgan fingerprint density at radius 2 is 2.12 bits per heavy atom. The molecule has 6 nitrogen and oxygen atoms in total. The van der Waals surface area contributed by atoms with E-state index in [4.69, 9.17) is 9.47 Å². The van der Waals surface area contributed by atoms with Crippen molar-refractivity contribution in [3.8, 4) is 5.75 Å². The maximum atomic E-state index is 12.5. The highest BCUT2D eigenvalue weighted by molar-refractivity contribution is 5.95. The lowest BCUT2D eigenvalue weighted by Crippen LogP contribution is -2.34. The molecule has 1 amide bonds. The van der Waals surface area contributed by atoms with E-state index in [2.05, 4.69) is 0 Å². The third-order valence-corrected chi connectivity index (χ3v) is 4.84. The van der Waals surface area contributed by atoms with Crippen LogP contribution >= 0.6 is 0 Å². The Labute approximate surface area is 141 Å². The van der Waals surface area contributed by atoms with Crippen LogP contribution < -0.4 is 4.74 Å². The first kappa shape index (κ1) is 16.8. The first-order valence-corrected chi connectivity index (χ1v) is 8.35. The molecule has 0 spiro atoms. The van der Waals surface area contributed by atoms with Gasteiger partial charge in [0, 0.05) is 25.3 Å². The summed E-state index contributed by atoms with van der Waals surface area (Å²) in [5, 5.41) is 9.26. The minimum absolute atomic E-state index is 0.134. The molecule has 24 heavy (non-hydrogen) atoms. The van der Waals surface area contributed by atoms with Crippen molar-refractivity contribution in [2.45, 2.75) is 32.3 Å². The molecule has 3 rings (SSSR count). The zero-order chi connectivity index (χ0) is 17.2. The van der Waals surface area contributed by atoms with E-state index in [-0.39, 0.29) is 18.6 Å². The van der Waals surface area contributed by atoms with Crippen LogP contribution in [-0.2, 0) is 9.53 Å². The van der Waals surface area contributed by atoms with Crippen molar-refractivity contribution in [3.05, 3.63) is 29.8 Å². The summed E-state index contributed by atoms with van der Waals surface area (Å²) in [6.45, 7) is 3.73. The minimum Gasteiger partial charge on any atom is -0.491 e. The summed E-state index contributed by atoms with van der Waals surface area (Å²) in [6.07, 6.45) is 2.74. The van der Waals surface area contributed by atoms with Crippen LogP contribution in [0.15, 0.2) is 24.3 Å². The van der Waals surface area contributed by atoms with Gasteiger partial charge < -0.3 is 19.5 Å². The fourth-order valence-electron chi connectivity index (χ4n) is 3.15. The fraction of sp³-hybridized carbons (Fsp3) is 0.556. The van der Waals surface area contributed by atoms with Gasteiger partial charge in [-0.1, -0.05) is 0 Å². The van der Waals surface area contributed by atoms with Crippen LogP contribution in [0.3, 0.4) is 0 Å². The fourth-order valence-corrected chi connectivity index (χ4v) is 3.15. The Morgan fingerprint density at radius 1 is 1.38 bits per heavy atom. The number of carboxylic acids is 1. The van der Waals surface area contributed by atoms with Gasteiger partial charge in [0.2, 0.25) is 0 Å². The summed E-state index contributed by atoms with van der Waals surface area (Å²) >= 11 is 0. The van der Waals surface area contributed by atoms with Gasteiger partial charge in [0.25, 0.3) is 5.91 Å². The molecule has 2 unspecified atom stereocenters. The van der Waals surface area contributed by atoms with E-state index < -0.39 is 11.4 Å². The monoisotopic (exact) mass is 333 g/mol. The maximum Gasteiger partial charge on any atom is 0.311 e. The maximum absolute atomic E-state index is 12.5. The molecule has 1 N–H and O–H groups in total. The minimum atomic E-state index is -0.851.